The van der Waals surface area contributed by atoms with Gasteiger partial charge in [-0.05, 0) is 36.7 Å². The van der Waals surface area contributed by atoms with Crippen LogP contribution in [0.25, 0.3) is 10.9 Å². The third kappa shape index (κ3) is 3.61. The summed E-state index contributed by atoms with van der Waals surface area (Å²) in [6, 6.07) is 19.0. The second-order valence-corrected chi connectivity index (χ2v) is 7.89. The number of alkyl carbamates (subject to hydrolysis) is 1. The van der Waals surface area contributed by atoms with Gasteiger partial charge in [0.15, 0.2) is 0 Å². The molecule has 0 aliphatic carbocycles. The minimum Gasteiger partial charge on any atom is -0.441 e. The maximum Gasteiger partial charge on any atom is 0.408 e. The van der Waals surface area contributed by atoms with Gasteiger partial charge in [-0.25, -0.2) is 4.79 Å². The Morgan fingerprint density at radius 2 is 1.76 bits per heavy atom. The zero-order chi connectivity index (χ0) is 19.0. The van der Waals surface area contributed by atoms with Gasteiger partial charge in [0.25, 0.3) is 0 Å². The van der Waals surface area contributed by atoms with E-state index in [1.807, 2.05) is 6.07 Å². The number of ether oxygens (including phenoxy) is 1. The summed E-state index contributed by atoms with van der Waals surface area (Å²) in [7, 11) is 0. The van der Waals surface area contributed by atoms with E-state index in [0.29, 0.717) is 0 Å². The Balaban J connectivity index is 0.00000205. The predicted octanol–water partition coefficient (Wildman–Crippen LogP) is 4.34. The molecular formula is C23H26ClN3O2. The Morgan fingerprint density at radius 1 is 1.03 bits per heavy atom. The Morgan fingerprint density at radius 3 is 2.55 bits per heavy atom. The summed E-state index contributed by atoms with van der Waals surface area (Å²) in [5.74, 6) is 0.177. The van der Waals surface area contributed by atoms with Gasteiger partial charge in [0, 0.05) is 35.9 Å². The summed E-state index contributed by atoms with van der Waals surface area (Å²) < 4.78 is 5.85. The topological polar surface area (TPSA) is 66.2 Å². The van der Waals surface area contributed by atoms with Crippen LogP contribution in [0.2, 0.25) is 0 Å². The van der Waals surface area contributed by atoms with Crippen LogP contribution in [0.15, 0.2) is 60.8 Å². The first kappa shape index (κ1) is 19.8. The number of carbonyl (C=O) groups excluding carboxylic acids is 1. The van der Waals surface area contributed by atoms with E-state index in [2.05, 4.69) is 70.3 Å². The number of para-hydroxylation sites is 1. The standard InChI is InChI=1S/C23H25N3O2.ClH/c27-22-26-21(23(28-22)10-12-24-13-11-23)14-18(16-6-2-1-3-7-16)19-15-25-20-9-5-4-8-17(19)20;/h1-9,15,18,21,24-25H,10-14H2,(H,26,27);1H. The first-order valence-corrected chi connectivity index (χ1v) is 10.1. The molecule has 1 amide bonds. The Labute approximate surface area is 176 Å². The summed E-state index contributed by atoms with van der Waals surface area (Å²) in [5, 5.41) is 7.75. The zero-order valence-electron chi connectivity index (χ0n) is 16.2. The van der Waals surface area contributed by atoms with E-state index in [1.165, 1.54) is 16.5 Å². The molecule has 5 nitrogen and oxygen atoms in total. The van der Waals surface area contributed by atoms with Crippen LogP contribution >= 0.6 is 12.4 Å². The van der Waals surface area contributed by atoms with Gasteiger partial charge in [-0.1, -0.05) is 48.5 Å². The molecule has 2 unspecified atom stereocenters. The van der Waals surface area contributed by atoms with E-state index in [-0.39, 0.29) is 30.5 Å². The lowest BCUT2D eigenvalue weighted by atomic mass is 9.77. The van der Waals surface area contributed by atoms with Crippen molar-refractivity contribution in [1.82, 2.24) is 15.6 Å². The molecule has 0 bridgehead atoms. The fraction of sp³-hybridized carbons (Fsp3) is 0.348. The van der Waals surface area contributed by atoms with Crippen molar-refractivity contribution in [3.05, 3.63) is 71.9 Å². The number of hydrogen-bond acceptors (Lipinski definition) is 3. The predicted molar refractivity (Wildman–Crippen MR) is 117 cm³/mol. The molecule has 2 saturated heterocycles. The molecule has 2 aromatic carbocycles. The lowest BCUT2D eigenvalue weighted by Crippen LogP contribution is -2.51. The first-order chi connectivity index (χ1) is 13.8. The molecule has 1 aromatic heterocycles. The highest BCUT2D eigenvalue weighted by atomic mass is 35.5. The van der Waals surface area contributed by atoms with E-state index in [9.17, 15) is 4.79 Å². The number of aromatic nitrogens is 1. The number of halogens is 1. The molecule has 2 atom stereocenters. The van der Waals surface area contributed by atoms with Crippen LogP contribution < -0.4 is 10.6 Å². The van der Waals surface area contributed by atoms with Crippen LogP contribution in [0, 0.1) is 0 Å². The molecule has 2 fully saturated rings. The highest BCUT2D eigenvalue weighted by Gasteiger charge is 2.50. The van der Waals surface area contributed by atoms with Gasteiger partial charge in [-0.2, -0.15) is 0 Å². The van der Waals surface area contributed by atoms with Gasteiger partial charge in [0.2, 0.25) is 0 Å². The number of benzene rings is 2. The van der Waals surface area contributed by atoms with Crippen LogP contribution in [0.4, 0.5) is 4.79 Å². The summed E-state index contributed by atoms with van der Waals surface area (Å²) >= 11 is 0. The molecule has 3 N–H and O–H groups in total. The monoisotopic (exact) mass is 411 g/mol. The van der Waals surface area contributed by atoms with Gasteiger partial charge < -0.3 is 20.4 Å². The van der Waals surface area contributed by atoms with Crippen LogP contribution in [0.5, 0.6) is 0 Å². The molecule has 29 heavy (non-hydrogen) atoms. The van der Waals surface area contributed by atoms with Crippen LogP contribution in [-0.2, 0) is 4.74 Å². The quantitative estimate of drug-likeness (QED) is 0.598. The zero-order valence-corrected chi connectivity index (χ0v) is 17.0. The average molecular weight is 412 g/mol. The molecule has 152 valence electrons. The molecule has 5 rings (SSSR count). The molecule has 0 radical (unpaired) electrons. The van der Waals surface area contributed by atoms with Crippen LogP contribution in [-0.4, -0.2) is 35.8 Å². The molecule has 6 heteroatoms. The first-order valence-electron chi connectivity index (χ1n) is 10.1. The molecule has 1 spiro atoms. The number of amides is 1. The second-order valence-electron chi connectivity index (χ2n) is 7.89. The summed E-state index contributed by atoms with van der Waals surface area (Å²) in [6.07, 6.45) is 4.36. The number of carbonyl (C=O) groups is 1. The van der Waals surface area contributed by atoms with Crippen molar-refractivity contribution in [3.63, 3.8) is 0 Å². The van der Waals surface area contributed by atoms with Crippen molar-refractivity contribution in [3.8, 4) is 0 Å². The highest BCUT2D eigenvalue weighted by molar-refractivity contribution is 5.85. The fourth-order valence-electron chi connectivity index (χ4n) is 4.88. The molecule has 3 aromatic rings. The fourth-order valence-corrected chi connectivity index (χ4v) is 4.88. The Hall–Kier alpha value is -2.50. The van der Waals surface area contributed by atoms with Gasteiger partial charge in [0.1, 0.15) is 5.60 Å². The molecule has 2 aliphatic heterocycles. The second kappa shape index (κ2) is 8.09. The number of rotatable bonds is 4. The maximum absolute atomic E-state index is 12.2. The third-order valence-corrected chi connectivity index (χ3v) is 6.34. The number of hydrogen-bond donors (Lipinski definition) is 3. The minimum absolute atomic E-state index is 0. The maximum atomic E-state index is 12.2. The van der Waals surface area contributed by atoms with Gasteiger partial charge in [-0.15, -0.1) is 12.4 Å². The lowest BCUT2D eigenvalue weighted by Gasteiger charge is -2.37. The molecule has 0 saturated carbocycles. The SMILES string of the molecule is Cl.O=C1NC(CC(c2ccccc2)c2c[nH]c3ccccc23)C2(CCNCC2)O1. The van der Waals surface area contributed by atoms with Crippen LogP contribution in [0.3, 0.4) is 0 Å². The van der Waals surface area contributed by atoms with E-state index in [1.54, 1.807) is 0 Å². The number of aromatic amines is 1. The summed E-state index contributed by atoms with van der Waals surface area (Å²) in [5.41, 5.74) is 3.27. The van der Waals surface area contributed by atoms with E-state index in [4.69, 9.17) is 4.74 Å². The summed E-state index contributed by atoms with van der Waals surface area (Å²) in [6.45, 7) is 1.77. The lowest BCUT2D eigenvalue weighted by molar-refractivity contribution is 0.00780. The molecular weight excluding hydrogens is 386 g/mol. The van der Waals surface area contributed by atoms with Gasteiger partial charge in [0.05, 0.1) is 6.04 Å². The number of fused-ring (bicyclic) bond motifs is 1. The van der Waals surface area contributed by atoms with E-state index in [0.717, 1.165) is 37.9 Å². The number of piperidine rings is 1. The van der Waals surface area contributed by atoms with E-state index >= 15 is 0 Å². The van der Waals surface area contributed by atoms with Crippen molar-refractivity contribution >= 4 is 29.4 Å². The van der Waals surface area contributed by atoms with Crippen molar-refractivity contribution in [2.75, 3.05) is 13.1 Å². The van der Waals surface area contributed by atoms with Crippen molar-refractivity contribution in [2.24, 2.45) is 0 Å². The van der Waals surface area contributed by atoms with E-state index < -0.39 is 5.60 Å². The van der Waals surface area contributed by atoms with Gasteiger partial charge in [-0.3, -0.25) is 0 Å². The van der Waals surface area contributed by atoms with Crippen LogP contribution in [0.1, 0.15) is 36.3 Å². The smallest absolute Gasteiger partial charge is 0.408 e. The van der Waals surface area contributed by atoms with Gasteiger partial charge >= 0.3 is 6.09 Å². The molecule has 2 aliphatic rings. The largest absolute Gasteiger partial charge is 0.441 e. The van der Waals surface area contributed by atoms with Crippen molar-refractivity contribution in [2.45, 2.75) is 36.8 Å². The summed E-state index contributed by atoms with van der Waals surface area (Å²) in [4.78, 5) is 15.6. The van der Waals surface area contributed by atoms with Crippen molar-refractivity contribution in [1.29, 1.82) is 0 Å². The number of H-pyrrole nitrogens is 1. The minimum atomic E-state index is -0.401. The highest BCUT2D eigenvalue weighted by Crippen LogP contribution is 2.40. The normalized spacial score (nSPS) is 21.4. The average Bonchev–Trinajstić information content (AvgIpc) is 3.28. The Bertz CT molecular complexity index is 982. The molecule has 3 heterocycles. The number of nitrogens with one attached hydrogen (secondary N) is 3. The third-order valence-electron chi connectivity index (χ3n) is 6.34. The Kier molecular flexibility index (Phi) is 5.52. The van der Waals surface area contributed by atoms with Crippen molar-refractivity contribution < 1.29 is 9.53 Å².